The molecule has 1 aliphatic carbocycles. The molecule has 0 aromatic heterocycles. The maximum Gasteiger partial charge on any atom is 0.244 e. The second-order valence-electron chi connectivity index (χ2n) is 5.52. The van der Waals surface area contributed by atoms with Gasteiger partial charge in [-0.2, -0.15) is 0 Å². The van der Waals surface area contributed by atoms with Crippen LogP contribution in [0.25, 0.3) is 0 Å². The van der Waals surface area contributed by atoms with E-state index in [1.807, 2.05) is 0 Å². The third-order valence-corrected chi connectivity index (χ3v) is 4.23. The van der Waals surface area contributed by atoms with Gasteiger partial charge in [0, 0.05) is 5.69 Å². The zero-order valence-electron chi connectivity index (χ0n) is 11.3. The van der Waals surface area contributed by atoms with Crippen molar-refractivity contribution in [2.45, 2.75) is 31.1 Å². The lowest BCUT2D eigenvalue weighted by molar-refractivity contribution is -0.121. The summed E-state index contributed by atoms with van der Waals surface area (Å²) in [6.45, 7) is 1.73. The SMILES string of the molecule is CC(N)(C(=O)Nc1ccc(CS(N)(=O)=O)cc1)C1CC1. The summed E-state index contributed by atoms with van der Waals surface area (Å²) in [4.78, 5) is 12.1. The summed E-state index contributed by atoms with van der Waals surface area (Å²) >= 11 is 0. The number of hydrogen-bond acceptors (Lipinski definition) is 4. The summed E-state index contributed by atoms with van der Waals surface area (Å²) < 4.78 is 21.9. The summed E-state index contributed by atoms with van der Waals surface area (Å²) in [5.74, 6) is -0.207. The van der Waals surface area contributed by atoms with E-state index >= 15 is 0 Å². The number of benzene rings is 1. The van der Waals surface area contributed by atoms with Crippen LogP contribution in [0.2, 0.25) is 0 Å². The lowest BCUT2D eigenvalue weighted by Crippen LogP contribution is -2.50. The summed E-state index contributed by atoms with van der Waals surface area (Å²) in [6, 6.07) is 6.51. The highest BCUT2D eigenvalue weighted by Crippen LogP contribution is 2.38. The minimum absolute atomic E-state index is 0.223. The third-order valence-electron chi connectivity index (χ3n) is 3.49. The lowest BCUT2D eigenvalue weighted by atomic mass is 9.96. The molecule has 1 fully saturated rings. The Labute approximate surface area is 118 Å². The predicted octanol–water partition coefficient (Wildman–Crippen LogP) is 0.541. The number of hydrogen-bond donors (Lipinski definition) is 3. The third kappa shape index (κ3) is 3.78. The van der Waals surface area contributed by atoms with Gasteiger partial charge in [-0.25, -0.2) is 13.6 Å². The molecule has 1 aliphatic rings. The van der Waals surface area contributed by atoms with E-state index in [1.165, 1.54) is 0 Å². The zero-order chi connectivity index (χ0) is 15.0. The van der Waals surface area contributed by atoms with Crippen molar-refractivity contribution in [3.63, 3.8) is 0 Å². The van der Waals surface area contributed by atoms with E-state index in [1.54, 1.807) is 31.2 Å². The number of nitrogens with two attached hydrogens (primary N) is 2. The van der Waals surface area contributed by atoms with Gasteiger partial charge in [0.25, 0.3) is 0 Å². The largest absolute Gasteiger partial charge is 0.324 e. The van der Waals surface area contributed by atoms with Gasteiger partial charge in [-0.3, -0.25) is 4.79 Å². The quantitative estimate of drug-likeness (QED) is 0.735. The van der Waals surface area contributed by atoms with E-state index in [-0.39, 0.29) is 17.6 Å². The van der Waals surface area contributed by atoms with Gasteiger partial charge in [-0.1, -0.05) is 12.1 Å². The van der Waals surface area contributed by atoms with Gasteiger partial charge >= 0.3 is 0 Å². The highest BCUT2D eigenvalue weighted by atomic mass is 32.2. The molecule has 0 bridgehead atoms. The van der Waals surface area contributed by atoms with Crippen molar-refractivity contribution in [2.75, 3.05) is 5.32 Å². The van der Waals surface area contributed by atoms with Gasteiger partial charge < -0.3 is 11.1 Å². The fourth-order valence-corrected chi connectivity index (χ4v) is 2.71. The van der Waals surface area contributed by atoms with Crippen LogP contribution in [-0.4, -0.2) is 19.9 Å². The summed E-state index contributed by atoms with van der Waals surface area (Å²) in [6.07, 6.45) is 1.96. The van der Waals surface area contributed by atoms with Crippen molar-refractivity contribution < 1.29 is 13.2 Å². The number of carbonyl (C=O) groups excluding carboxylic acids is 1. The average molecular weight is 297 g/mol. The molecule has 1 unspecified atom stereocenters. The van der Waals surface area contributed by atoms with Gasteiger partial charge in [0.2, 0.25) is 15.9 Å². The van der Waals surface area contributed by atoms with Crippen LogP contribution in [0.3, 0.4) is 0 Å². The maximum absolute atomic E-state index is 12.1. The molecule has 2 rings (SSSR count). The molecule has 110 valence electrons. The molecule has 0 aliphatic heterocycles. The molecule has 0 heterocycles. The molecular formula is C13H19N3O3S. The van der Waals surface area contributed by atoms with Crippen LogP contribution in [0.1, 0.15) is 25.3 Å². The Hall–Kier alpha value is -1.44. The summed E-state index contributed by atoms with van der Waals surface area (Å²) in [5, 5.41) is 7.72. The van der Waals surface area contributed by atoms with E-state index < -0.39 is 15.6 Å². The van der Waals surface area contributed by atoms with Gasteiger partial charge in [0.1, 0.15) is 0 Å². The molecule has 5 N–H and O–H groups in total. The first-order valence-corrected chi connectivity index (χ1v) is 8.10. The van der Waals surface area contributed by atoms with E-state index in [0.717, 1.165) is 12.8 Å². The van der Waals surface area contributed by atoms with Crippen LogP contribution in [0.15, 0.2) is 24.3 Å². The van der Waals surface area contributed by atoms with E-state index in [9.17, 15) is 13.2 Å². The van der Waals surface area contributed by atoms with E-state index in [2.05, 4.69) is 5.32 Å². The lowest BCUT2D eigenvalue weighted by Gasteiger charge is -2.23. The number of sulfonamides is 1. The fraction of sp³-hybridized carbons (Fsp3) is 0.462. The van der Waals surface area contributed by atoms with Gasteiger partial charge in [-0.15, -0.1) is 0 Å². The van der Waals surface area contributed by atoms with E-state index in [4.69, 9.17) is 10.9 Å². The Kier molecular flexibility index (Phi) is 3.86. The normalized spacial score (nSPS) is 18.4. The molecule has 0 saturated heterocycles. The van der Waals surface area contributed by atoms with Crippen LogP contribution in [-0.2, 0) is 20.6 Å². The van der Waals surface area contributed by atoms with Crippen LogP contribution < -0.4 is 16.2 Å². The Bertz CT molecular complexity index is 604. The van der Waals surface area contributed by atoms with Crippen molar-refractivity contribution in [3.8, 4) is 0 Å². The second-order valence-corrected chi connectivity index (χ2v) is 7.13. The van der Waals surface area contributed by atoms with Crippen LogP contribution in [0.5, 0.6) is 0 Å². The first-order valence-electron chi connectivity index (χ1n) is 6.38. The highest BCUT2D eigenvalue weighted by molar-refractivity contribution is 7.88. The zero-order valence-corrected chi connectivity index (χ0v) is 12.1. The van der Waals surface area contributed by atoms with Gasteiger partial charge in [0.05, 0.1) is 11.3 Å². The molecule has 6 nitrogen and oxygen atoms in total. The summed E-state index contributed by atoms with van der Waals surface area (Å²) in [7, 11) is -3.55. The minimum atomic E-state index is -3.55. The second kappa shape index (κ2) is 5.16. The minimum Gasteiger partial charge on any atom is -0.324 e. The first kappa shape index (κ1) is 15.0. The molecule has 1 saturated carbocycles. The Balaban J connectivity index is 2.02. The number of primary sulfonamides is 1. The molecule has 0 spiro atoms. The number of amides is 1. The monoisotopic (exact) mass is 297 g/mol. The molecule has 7 heteroatoms. The molecule has 20 heavy (non-hydrogen) atoms. The maximum atomic E-state index is 12.1. The molecule has 1 aromatic carbocycles. The van der Waals surface area contributed by atoms with E-state index in [0.29, 0.717) is 11.3 Å². The van der Waals surface area contributed by atoms with Crippen molar-refractivity contribution in [3.05, 3.63) is 29.8 Å². The number of rotatable bonds is 5. The van der Waals surface area contributed by atoms with Gasteiger partial charge in [0.15, 0.2) is 0 Å². The molecule has 1 aromatic rings. The van der Waals surface area contributed by atoms with Crippen molar-refractivity contribution in [1.29, 1.82) is 0 Å². The molecule has 1 atom stereocenters. The number of anilines is 1. The first-order chi connectivity index (χ1) is 9.18. The smallest absolute Gasteiger partial charge is 0.244 e. The van der Waals surface area contributed by atoms with Crippen molar-refractivity contribution in [2.24, 2.45) is 16.8 Å². The van der Waals surface area contributed by atoms with Crippen LogP contribution in [0.4, 0.5) is 5.69 Å². The standard InChI is InChI=1S/C13H19N3O3S/c1-13(14,10-4-5-10)12(17)16-11-6-2-9(3-7-11)8-20(15,18)19/h2-3,6-7,10H,4-5,8,14H2,1H3,(H,16,17)(H2,15,18,19). The molecular weight excluding hydrogens is 278 g/mol. The average Bonchev–Trinajstić information content (AvgIpc) is 3.13. The number of carbonyl (C=O) groups is 1. The van der Waals surface area contributed by atoms with Crippen LogP contribution >= 0.6 is 0 Å². The Morgan fingerprint density at radius 2 is 1.90 bits per heavy atom. The molecule has 1 amide bonds. The fourth-order valence-electron chi connectivity index (χ4n) is 2.05. The van der Waals surface area contributed by atoms with Crippen molar-refractivity contribution in [1.82, 2.24) is 0 Å². The predicted molar refractivity (Wildman–Crippen MR) is 77.2 cm³/mol. The Morgan fingerprint density at radius 1 is 1.35 bits per heavy atom. The summed E-state index contributed by atoms with van der Waals surface area (Å²) in [5.41, 5.74) is 6.32. The highest BCUT2D eigenvalue weighted by Gasteiger charge is 2.44. The van der Waals surface area contributed by atoms with Gasteiger partial charge in [-0.05, 0) is 43.4 Å². The van der Waals surface area contributed by atoms with Crippen LogP contribution in [0, 0.1) is 5.92 Å². The number of nitrogens with one attached hydrogen (secondary N) is 1. The van der Waals surface area contributed by atoms with Crippen molar-refractivity contribution >= 4 is 21.6 Å². The Morgan fingerprint density at radius 3 is 2.35 bits per heavy atom. The topological polar surface area (TPSA) is 115 Å². The molecule has 0 radical (unpaired) electrons.